The number of amides is 2. The first-order valence-electron chi connectivity index (χ1n) is 8.41. The highest BCUT2D eigenvalue weighted by atomic mass is 79.9. The fourth-order valence-electron chi connectivity index (χ4n) is 3.16. The zero-order valence-electron chi connectivity index (χ0n) is 14.9. The highest BCUT2D eigenvalue weighted by Gasteiger charge is 2.36. The molecule has 1 aliphatic heterocycles. The number of carbonyl (C=O) groups excluding carboxylic acids is 2. The minimum absolute atomic E-state index is 0.0563. The van der Waals surface area contributed by atoms with Crippen LogP contribution in [0.5, 0.6) is 0 Å². The van der Waals surface area contributed by atoms with Gasteiger partial charge in [0.15, 0.2) is 0 Å². The van der Waals surface area contributed by atoms with Gasteiger partial charge in [0.2, 0.25) is 11.8 Å². The third-order valence-electron chi connectivity index (χ3n) is 5.00. The molecule has 0 saturated carbocycles. The molecule has 6 heteroatoms. The third-order valence-corrected chi connectivity index (χ3v) is 6.27. The molecular weight excluding hydrogens is 416 g/mol. The van der Waals surface area contributed by atoms with Crippen LogP contribution in [0, 0.1) is 26.7 Å². The summed E-state index contributed by atoms with van der Waals surface area (Å²) in [4.78, 5) is 26.8. The van der Waals surface area contributed by atoms with E-state index in [1.54, 1.807) is 11.0 Å². The topological polar surface area (TPSA) is 49.4 Å². The molecule has 3 rings (SSSR count). The van der Waals surface area contributed by atoms with Crippen molar-refractivity contribution in [2.24, 2.45) is 5.92 Å². The van der Waals surface area contributed by atoms with E-state index in [-0.39, 0.29) is 24.2 Å². The zero-order chi connectivity index (χ0) is 19.0. The fraction of sp³-hybridized carbons (Fsp3) is 0.300. The van der Waals surface area contributed by atoms with Gasteiger partial charge in [-0.3, -0.25) is 9.59 Å². The molecule has 26 heavy (non-hydrogen) atoms. The number of carbonyl (C=O) groups is 2. The zero-order valence-corrected chi connectivity index (χ0v) is 17.2. The normalized spacial score (nSPS) is 16.9. The second kappa shape index (κ2) is 7.41. The Morgan fingerprint density at radius 3 is 2.62 bits per heavy atom. The van der Waals surface area contributed by atoms with E-state index in [1.807, 2.05) is 45.0 Å². The molecule has 4 nitrogen and oxygen atoms in total. The van der Waals surface area contributed by atoms with Gasteiger partial charge in [0, 0.05) is 33.8 Å². The first-order valence-corrected chi connectivity index (χ1v) is 9.58. The predicted octanol–water partition coefficient (Wildman–Crippen LogP) is 5.02. The molecule has 136 valence electrons. The van der Waals surface area contributed by atoms with Crippen LogP contribution in [0.3, 0.4) is 0 Å². The monoisotopic (exact) mass is 434 g/mol. The Labute approximate surface area is 166 Å². The smallest absolute Gasteiger partial charge is 0.229 e. The third kappa shape index (κ3) is 3.51. The standard InChI is InChI=1S/C20H20BrClN2O2/c1-11-12(2)17(8-7-15(11)21)23-20(26)14-9-19(25)24(10-14)18-6-4-5-16(22)13(18)3/h4-8,14H,9-10H2,1-3H3,(H,23,26)/t14-/m1/s1. The van der Waals surface area contributed by atoms with E-state index in [9.17, 15) is 9.59 Å². The molecule has 0 aromatic heterocycles. The highest BCUT2D eigenvalue weighted by Crippen LogP contribution is 2.32. The summed E-state index contributed by atoms with van der Waals surface area (Å²) >= 11 is 9.66. The van der Waals surface area contributed by atoms with Crippen molar-refractivity contribution >= 4 is 50.7 Å². The molecule has 1 heterocycles. The second-order valence-electron chi connectivity index (χ2n) is 6.62. The maximum absolute atomic E-state index is 12.7. The van der Waals surface area contributed by atoms with Gasteiger partial charge in [-0.2, -0.15) is 0 Å². The minimum atomic E-state index is -0.385. The van der Waals surface area contributed by atoms with E-state index in [0.717, 1.165) is 32.5 Å². The molecule has 2 aromatic rings. The Kier molecular flexibility index (Phi) is 5.39. The Morgan fingerprint density at radius 1 is 1.15 bits per heavy atom. The number of benzene rings is 2. The number of hydrogen-bond acceptors (Lipinski definition) is 2. The molecule has 1 aliphatic rings. The maximum Gasteiger partial charge on any atom is 0.229 e. The van der Waals surface area contributed by atoms with Gasteiger partial charge < -0.3 is 10.2 Å². The lowest BCUT2D eigenvalue weighted by Gasteiger charge is -2.20. The van der Waals surface area contributed by atoms with E-state index in [0.29, 0.717) is 11.6 Å². The van der Waals surface area contributed by atoms with E-state index in [2.05, 4.69) is 21.2 Å². The quantitative estimate of drug-likeness (QED) is 0.736. The Bertz CT molecular complexity index is 898. The summed E-state index contributed by atoms with van der Waals surface area (Å²) in [6.07, 6.45) is 0.201. The first-order chi connectivity index (χ1) is 12.3. The number of nitrogens with zero attached hydrogens (tertiary/aromatic N) is 1. The summed E-state index contributed by atoms with van der Waals surface area (Å²) in [5, 5.41) is 3.59. The van der Waals surface area contributed by atoms with Crippen LogP contribution in [0.25, 0.3) is 0 Å². The summed E-state index contributed by atoms with van der Waals surface area (Å²) in [6, 6.07) is 9.27. The van der Waals surface area contributed by atoms with Crippen LogP contribution in [0.4, 0.5) is 11.4 Å². The fourth-order valence-corrected chi connectivity index (χ4v) is 3.76. The number of anilines is 2. The van der Waals surface area contributed by atoms with Gasteiger partial charge in [0.1, 0.15) is 0 Å². The summed E-state index contributed by atoms with van der Waals surface area (Å²) < 4.78 is 1.01. The number of halogens is 2. The van der Waals surface area contributed by atoms with Crippen molar-refractivity contribution < 1.29 is 9.59 Å². The molecule has 0 unspecified atom stereocenters. The molecule has 2 amide bonds. The maximum atomic E-state index is 12.7. The molecule has 0 radical (unpaired) electrons. The summed E-state index contributed by atoms with van der Waals surface area (Å²) in [5.74, 6) is -0.575. The molecule has 0 bridgehead atoms. The Morgan fingerprint density at radius 2 is 1.88 bits per heavy atom. The van der Waals surface area contributed by atoms with Gasteiger partial charge in [-0.1, -0.05) is 33.6 Å². The molecule has 1 fully saturated rings. The van der Waals surface area contributed by atoms with Crippen molar-refractivity contribution in [1.29, 1.82) is 0 Å². The molecule has 0 aliphatic carbocycles. The largest absolute Gasteiger partial charge is 0.326 e. The highest BCUT2D eigenvalue weighted by molar-refractivity contribution is 9.10. The average Bonchev–Trinajstić information content (AvgIpc) is 2.99. The lowest BCUT2D eigenvalue weighted by Crippen LogP contribution is -2.28. The van der Waals surface area contributed by atoms with Gasteiger partial charge in [0.05, 0.1) is 5.92 Å². The van der Waals surface area contributed by atoms with Crippen molar-refractivity contribution in [3.05, 3.63) is 56.5 Å². The second-order valence-corrected chi connectivity index (χ2v) is 7.89. The summed E-state index contributed by atoms with van der Waals surface area (Å²) in [6.45, 7) is 6.21. The van der Waals surface area contributed by atoms with Crippen molar-refractivity contribution in [1.82, 2.24) is 0 Å². The predicted molar refractivity (Wildman–Crippen MR) is 109 cm³/mol. The van der Waals surface area contributed by atoms with Crippen molar-refractivity contribution in [2.45, 2.75) is 27.2 Å². The van der Waals surface area contributed by atoms with Gasteiger partial charge in [-0.15, -0.1) is 0 Å². The minimum Gasteiger partial charge on any atom is -0.326 e. The van der Waals surface area contributed by atoms with E-state index >= 15 is 0 Å². The molecule has 1 atom stereocenters. The molecule has 1 N–H and O–H groups in total. The van der Waals surface area contributed by atoms with Crippen molar-refractivity contribution in [3.8, 4) is 0 Å². The molecule has 1 saturated heterocycles. The van der Waals surface area contributed by atoms with Crippen LogP contribution in [0.15, 0.2) is 34.8 Å². The van der Waals surface area contributed by atoms with Crippen LogP contribution in [-0.4, -0.2) is 18.4 Å². The lowest BCUT2D eigenvalue weighted by atomic mass is 10.1. The van der Waals surface area contributed by atoms with Crippen LogP contribution < -0.4 is 10.2 Å². The molecule has 0 spiro atoms. The Balaban J connectivity index is 1.77. The van der Waals surface area contributed by atoms with Crippen LogP contribution in [-0.2, 0) is 9.59 Å². The number of rotatable bonds is 3. The number of hydrogen-bond donors (Lipinski definition) is 1. The summed E-state index contributed by atoms with van der Waals surface area (Å²) in [7, 11) is 0. The number of nitrogens with one attached hydrogen (secondary N) is 1. The SMILES string of the molecule is Cc1c(Cl)cccc1N1C[C@H](C(=O)Nc2ccc(Br)c(C)c2C)CC1=O. The first kappa shape index (κ1) is 18.9. The average molecular weight is 436 g/mol. The van der Waals surface area contributed by atoms with E-state index in [1.165, 1.54) is 0 Å². The van der Waals surface area contributed by atoms with Gasteiger partial charge >= 0.3 is 0 Å². The molecule has 2 aromatic carbocycles. The van der Waals surface area contributed by atoms with E-state index in [4.69, 9.17) is 11.6 Å². The van der Waals surface area contributed by atoms with Crippen LogP contribution >= 0.6 is 27.5 Å². The van der Waals surface area contributed by atoms with Crippen LogP contribution in [0.1, 0.15) is 23.1 Å². The summed E-state index contributed by atoms with van der Waals surface area (Å²) in [5.41, 5.74) is 4.50. The van der Waals surface area contributed by atoms with Crippen LogP contribution in [0.2, 0.25) is 5.02 Å². The van der Waals surface area contributed by atoms with Gasteiger partial charge in [-0.05, 0) is 61.7 Å². The molecular formula is C20H20BrClN2O2. The Hall–Kier alpha value is -1.85. The van der Waals surface area contributed by atoms with Gasteiger partial charge in [-0.25, -0.2) is 0 Å². The van der Waals surface area contributed by atoms with E-state index < -0.39 is 0 Å². The lowest BCUT2D eigenvalue weighted by molar-refractivity contribution is -0.122. The van der Waals surface area contributed by atoms with Gasteiger partial charge in [0.25, 0.3) is 0 Å². The van der Waals surface area contributed by atoms with Crippen molar-refractivity contribution in [2.75, 3.05) is 16.8 Å². The van der Waals surface area contributed by atoms with Crippen molar-refractivity contribution in [3.63, 3.8) is 0 Å².